The Kier molecular flexibility index (Phi) is 4.45. The Morgan fingerprint density at radius 3 is 2.58 bits per heavy atom. The molecule has 0 aliphatic heterocycles. The van der Waals surface area contributed by atoms with E-state index in [0.717, 1.165) is 22.4 Å². The number of thioether (sulfide) groups is 1. The minimum Gasteiger partial charge on any atom is -0.338 e. The second-order valence-corrected chi connectivity index (χ2v) is 7.67. The van der Waals surface area contributed by atoms with Gasteiger partial charge in [-0.05, 0) is 12.5 Å². The Morgan fingerprint density at radius 1 is 1.17 bits per heavy atom. The number of aryl methyl sites for hydroxylation is 1. The van der Waals surface area contributed by atoms with Crippen molar-refractivity contribution in [2.24, 2.45) is 7.05 Å². The predicted octanol–water partition coefficient (Wildman–Crippen LogP) is 3.76. The first-order valence-electron chi connectivity index (χ1n) is 7.77. The average molecular weight is 343 g/mol. The lowest BCUT2D eigenvalue weighted by Gasteiger charge is -2.10. The van der Waals surface area contributed by atoms with Crippen LogP contribution in [0.3, 0.4) is 0 Å². The summed E-state index contributed by atoms with van der Waals surface area (Å²) in [5, 5.41) is 13.5. The van der Waals surface area contributed by atoms with Gasteiger partial charge in [-0.2, -0.15) is 4.98 Å². The lowest BCUT2D eigenvalue weighted by atomic mass is 9.96. The third-order valence-electron chi connectivity index (χ3n) is 3.68. The summed E-state index contributed by atoms with van der Waals surface area (Å²) in [5.41, 5.74) is 2.15. The zero-order valence-corrected chi connectivity index (χ0v) is 15.4. The van der Waals surface area contributed by atoms with Gasteiger partial charge in [-0.25, -0.2) is 0 Å². The maximum Gasteiger partial charge on any atom is 0.237 e. The number of aromatic nitrogens is 5. The number of hydrogen-bond acceptors (Lipinski definition) is 6. The molecule has 0 radical (unpaired) electrons. The third-order valence-corrected chi connectivity index (χ3v) is 4.69. The Balaban J connectivity index is 1.76. The van der Waals surface area contributed by atoms with Crippen molar-refractivity contribution in [1.29, 1.82) is 0 Å². The maximum absolute atomic E-state index is 5.32. The maximum atomic E-state index is 5.32. The summed E-state index contributed by atoms with van der Waals surface area (Å²) < 4.78 is 7.32. The van der Waals surface area contributed by atoms with Crippen LogP contribution >= 0.6 is 11.8 Å². The van der Waals surface area contributed by atoms with Gasteiger partial charge in [0.05, 0.1) is 5.75 Å². The van der Waals surface area contributed by atoms with Crippen molar-refractivity contribution in [3.8, 4) is 11.4 Å². The molecular weight excluding hydrogens is 322 g/mol. The van der Waals surface area contributed by atoms with E-state index in [1.807, 2.05) is 23.7 Å². The Hall–Kier alpha value is -2.15. The van der Waals surface area contributed by atoms with Gasteiger partial charge >= 0.3 is 0 Å². The number of hydrogen-bond donors (Lipinski definition) is 0. The fourth-order valence-electron chi connectivity index (χ4n) is 2.24. The molecule has 0 aliphatic rings. The van der Waals surface area contributed by atoms with Crippen molar-refractivity contribution in [3.05, 3.63) is 41.5 Å². The molecule has 0 spiro atoms. The van der Waals surface area contributed by atoms with E-state index in [1.165, 1.54) is 17.3 Å². The van der Waals surface area contributed by atoms with Gasteiger partial charge in [0, 0.05) is 18.0 Å². The van der Waals surface area contributed by atoms with Crippen molar-refractivity contribution in [3.63, 3.8) is 0 Å². The minimum atomic E-state index is -0.116. The second kappa shape index (κ2) is 6.39. The summed E-state index contributed by atoms with van der Waals surface area (Å²) in [6.07, 6.45) is 0. The smallest absolute Gasteiger partial charge is 0.237 e. The summed E-state index contributed by atoms with van der Waals surface area (Å²) in [5.74, 6) is 2.75. The van der Waals surface area contributed by atoms with E-state index < -0.39 is 0 Å². The lowest BCUT2D eigenvalue weighted by molar-refractivity contribution is 0.372. The largest absolute Gasteiger partial charge is 0.338 e. The van der Waals surface area contributed by atoms with Gasteiger partial charge in [0.2, 0.25) is 5.89 Å². The molecule has 0 atom stereocenters. The fourth-order valence-corrected chi connectivity index (χ4v) is 2.99. The van der Waals surface area contributed by atoms with E-state index in [2.05, 4.69) is 60.2 Å². The van der Waals surface area contributed by atoms with Crippen LogP contribution in [-0.4, -0.2) is 24.9 Å². The molecule has 0 amide bonds. The SMILES string of the molecule is Cc1ccccc1-c1nnc(SCc2nc(C(C)(C)C)no2)n1C. The van der Waals surface area contributed by atoms with Gasteiger partial charge in [0.25, 0.3) is 0 Å². The third kappa shape index (κ3) is 3.36. The van der Waals surface area contributed by atoms with Crippen LogP contribution in [0.15, 0.2) is 33.9 Å². The normalized spacial score (nSPS) is 11.9. The highest BCUT2D eigenvalue weighted by molar-refractivity contribution is 7.98. The monoisotopic (exact) mass is 343 g/mol. The lowest BCUT2D eigenvalue weighted by Crippen LogP contribution is -2.13. The van der Waals surface area contributed by atoms with Crippen LogP contribution in [-0.2, 0) is 18.2 Å². The summed E-state index contributed by atoms with van der Waals surface area (Å²) in [7, 11) is 1.97. The molecule has 3 rings (SSSR count). The molecule has 2 heterocycles. The van der Waals surface area contributed by atoms with E-state index in [4.69, 9.17) is 4.52 Å². The second-order valence-electron chi connectivity index (χ2n) is 6.73. The quantitative estimate of drug-likeness (QED) is 0.672. The topological polar surface area (TPSA) is 69.6 Å². The van der Waals surface area contributed by atoms with E-state index in [9.17, 15) is 0 Å². The first-order valence-corrected chi connectivity index (χ1v) is 8.76. The molecule has 0 aliphatic carbocycles. The molecular formula is C17H21N5OS. The van der Waals surface area contributed by atoms with Crippen LogP contribution in [0.4, 0.5) is 0 Å². The molecule has 0 bridgehead atoms. The highest BCUT2D eigenvalue weighted by Gasteiger charge is 2.21. The van der Waals surface area contributed by atoms with Gasteiger partial charge in [-0.3, -0.25) is 0 Å². The number of benzene rings is 1. The molecule has 0 fully saturated rings. The van der Waals surface area contributed by atoms with Gasteiger partial charge in [0.15, 0.2) is 16.8 Å². The van der Waals surface area contributed by atoms with Crippen LogP contribution in [0, 0.1) is 6.92 Å². The summed E-state index contributed by atoms with van der Waals surface area (Å²) in [4.78, 5) is 4.45. The van der Waals surface area contributed by atoms with Crippen LogP contribution in [0.2, 0.25) is 0 Å². The van der Waals surface area contributed by atoms with E-state index in [0.29, 0.717) is 11.6 Å². The highest BCUT2D eigenvalue weighted by atomic mass is 32.2. The zero-order valence-electron chi connectivity index (χ0n) is 14.6. The van der Waals surface area contributed by atoms with Crippen molar-refractivity contribution in [2.75, 3.05) is 0 Å². The minimum absolute atomic E-state index is 0.116. The molecule has 1 aromatic carbocycles. The van der Waals surface area contributed by atoms with E-state index >= 15 is 0 Å². The van der Waals surface area contributed by atoms with Gasteiger partial charge in [0.1, 0.15) is 0 Å². The van der Waals surface area contributed by atoms with E-state index in [-0.39, 0.29) is 5.41 Å². The van der Waals surface area contributed by atoms with Gasteiger partial charge in [-0.15, -0.1) is 10.2 Å². The van der Waals surface area contributed by atoms with Crippen molar-refractivity contribution >= 4 is 11.8 Å². The molecule has 2 aromatic heterocycles. The summed E-state index contributed by atoms with van der Waals surface area (Å²) in [6, 6.07) is 8.16. The number of rotatable bonds is 4. The van der Waals surface area contributed by atoms with E-state index in [1.54, 1.807) is 0 Å². The average Bonchev–Trinajstić information content (AvgIpc) is 3.13. The Bertz CT molecular complexity index is 847. The molecule has 0 saturated heterocycles. The highest BCUT2D eigenvalue weighted by Crippen LogP contribution is 2.27. The van der Waals surface area contributed by atoms with Gasteiger partial charge in [-0.1, -0.05) is 62.0 Å². The zero-order chi connectivity index (χ0) is 17.3. The Morgan fingerprint density at radius 2 is 1.92 bits per heavy atom. The standard InChI is InChI=1S/C17H21N5OS/c1-11-8-6-7-9-12(11)14-19-20-16(22(14)5)24-10-13-18-15(21-23-13)17(2,3)4/h6-9H,10H2,1-5H3. The predicted molar refractivity (Wildman–Crippen MR) is 93.7 cm³/mol. The number of nitrogens with zero attached hydrogens (tertiary/aromatic N) is 5. The summed E-state index contributed by atoms with van der Waals surface area (Å²) in [6.45, 7) is 8.26. The molecule has 7 heteroatoms. The van der Waals surface area contributed by atoms with Crippen molar-refractivity contribution in [1.82, 2.24) is 24.9 Å². The Labute approximate surface area is 145 Å². The van der Waals surface area contributed by atoms with Gasteiger partial charge < -0.3 is 9.09 Å². The molecule has 6 nitrogen and oxygen atoms in total. The van der Waals surface area contributed by atoms with Crippen LogP contribution in [0.5, 0.6) is 0 Å². The van der Waals surface area contributed by atoms with Crippen LogP contribution in [0.1, 0.15) is 38.0 Å². The molecule has 3 aromatic rings. The first-order chi connectivity index (χ1) is 11.4. The van der Waals surface area contributed by atoms with Crippen LogP contribution in [0.25, 0.3) is 11.4 Å². The molecule has 0 saturated carbocycles. The molecule has 24 heavy (non-hydrogen) atoms. The van der Waals surface area contributed by atoms with Crippen molar-refractivity contribution < 1.29 is 4.52 Å². The molecule has 0 unspecified atom stereocenters. The van der Waals surface area contributed by atoms with Crippen LogP contribution < -0.4 is 0 Å². The molecule has 0 N–H and O–H groups in total. The summed E-state index contributed by atoms with van der Waals surface area (Å²) >= 11 is 1.54. The molecule has 126 valence electrons. The first kappa shape index (κ1) is 16.7. The fraction of sp³-hybridized carbons (Fsp3) is 0.412. The van der Waals surface area contributed by atoms with Crippen molar-refractivity contribution in [2.45, 2.75) is 44.0 Å².